The van der Waals surface area contributed by atoms with Crippen molar-refractivity contribution in [2.75, 3.05) is 11.9 Å². The van der Waals surface area contributed by atoms with Crippen molar-refractivity contribution in [1.29, 1.82) is 0 Å². The number of hydrogen-bond donors (Lipinski definition) is 1. The molecule has 1 unspecified atom stereocenters. The minimum Gasteiger partial charge on any atom is -0.309 e. The Hall–Kier alpha value is -2.43. The predicted octanol–water partition coefficient (Wildman–Crippen LogP) is 1.74. The topological polar surface area (TPSA) is 57.3 Å². The monoisotopic (exact) mass is 270 g/mol. The number of carbonyl (C=O) groups is 1. The third-order valence-electron chi connectivity index (χ3n) is 3.79. The standard InChI is InChI=1S/C15H16N3O2/c1-3-10-13-12(7-4-8-16-13)17(2)15(19)11-6-5-9-18(20)14(10)11/h4-10,20H,3H2,1-2H3/q+1. The second-order valence-corrected chi connectivity index (χ2v) is 4.88. The number of aromatic nitrogens is 2. The van der Waals surface area contributed by atoms with Gasteiger partial charge in [0.05, 0.1) is 17.3 Å². The zero-order valence-electron chi connectivity index (χ0n) is 11.4. The van der Waals surface area contributed by atoms with Gasteiger partial charge < -0.3 is 4.90 Å². The fourth-order valence-electron chi connectivity index (χ4n) is 2.81. The molecule has 1 aliphatic rings. The lowest BCUT2D eigenvalue weighted by atomic mass is 9.94. The summed E-state index contributed by atoms with van der Waals surface area (Å²) in [4.78, 5) is 18.6. The fourth-order valence-corrected chi connectivity index (χ4v) is 2.81. The summed E-state index contributed by atoms with van der Waals surface area (Å²) in [6.45, 7) is 2.02. The second-order valence-electron chi connectivity index (χ2n) is 4.88. The maximum Gasteiger partial charge on any atom is 0.264 e. The number of amides is 1. The van der Waals surface area contributed by atoms with Gasteiger partial charge in [-0.2, -0.15) is 0 Å². The van der Waals surface area contributed by atoms with Crippen molar-refractivity contribution in [3.8, 4) is 0 Å². The molecule has 1 aliphatic heterocycles. The van der Waals surface area contributed by atoms with Crippen molar-refractivity contribution >= 4 is 11.6 Å². The Labute approximate surface area is 117 Å². The number of nitrogens with zero attached hydrogens (tertiary/aromatic N) is 3. The van der Waals surface area contributed by atoms with Gasteiger partial charge >= 0.3 is 0 Å². The molecule has 0 spiro atoms. The van der Waals surface area contributed by atoms with Crippen LogP contribution in [0.15, 0.2) is 36.7 Å². The number of fused-ring (bicyclic) bond motifs is 2. The molecule has 5 nitrogen and oxygen atoms in total. The lowest BCUT2D eigenvalue weighted by Gasteiger charge is -2.17. The van der Waals surface area contributed by atoms with E-state index in [2.05, 4.69) is 4.98 Å². The predicted molar refractivity (Wildman–Crippen MR) is 72.9 cm³/mol. The molecular formula is C15H16N3O2+. The van der Waals surface area contributed by atoms with Crippen LogP contribution < -0.4 is 9.63 Å². The third-order valence-corrected chi connectivity index (χ3v) is 3.79. The first-order chi connectivity index (χ1) is 9.65. The lowest BCUT2D eigenvalue weighted by molar-refractivity contribution is -0.910. The molecule has 20 heavy (non-hydrogen) atoms. The summed E-state index contributed by atoms with van der Waals surface area (Å²) in [7, 11) is 1.74. The van der Waals surface area contributed by atoms with E-state index in [0.717, 1.165) is 22.5 Å². The van der Waals surface area contributed by atoms with Gasteiger partial charge in [0, 0.05) is 24.0 Å². The molecule has 0 fully saturated rings. The number of pyridine rings is 2. The van der Waals surface area contributed by atoms with E-state index in [9.17, 15) is 10.0 Å². The molecule has 0 bridgehead atoms. The Bertz CT molecular complexity index is 685. The molecule has 3 rings (SSSR count). The molecule has 1 amide bonds. The van der Waals surface area contributed by atoms with Crippen LogP contribution in [0.25, 0.3) is 0 Å². The van der Waals surface area contributed by atoms with E-state index < -0.39 is 0 Å². The summed E-state index contributed by atoms with van der Waals surface area (Å²) in [6.07, 6.45) is 4.01. The van der Waals surface area contributed by atoms with Crippen LogP contribution in [0, 0.1) is 0 Å². The number of rotatable bonds is 1. The Morgan fingerprint density at radius 2 is 2.20 bits per heavy atom. The van der Waals surface area contributed by atoms with Gasteiger partial charge in [0.1, 0.15) is 5.56 Å². The van der Waals surface area contributed by atoms with Crippen molar-refractivity contribution < 1.29 is 14.7 Å². The van der Waals surface area contributed by atoms with Gasteiger partial charge in [-0.25, -0.2) is 0 Å². The zero-order valence-corrected chi connectivity index (χ0v) is 11.4. The summed E-state index contributed by atoms with van der Waals surface area (Å²) in [5.74, 6) is -0.241. The zero-order chi connectivity index (χ0) is 14.3. The van der Waals surface area contributed by atoms with Gasteiger partial charge in [0.25, 0.3) is 11.6 Å². The van der Waals surface area contributed by atoms with E-state index in [1.165, 1.54) is 0 Å². The molecule has 1 atom stereocenters. The lowest BCUT2D eigenvalue weighted by Crippen LogP contribution is -2.39. The van der Waals surface area contributed by atoms with Crippen LogP contribution in [0.4, 0.5) is 5.69 Å². The van der Waals surface area contributed by atoms with Crippen LogP contribution in [-0.4, -0.2) is 23.1 Å². The van der Waals surface area contributed by atoms with Gasteiger partial charge in [-0.1, -0.05) is 6.92 Å². The highest BCUT2D eigenvalue weighted by atomic mass is 16.5. The number of hydrogen-bond acceptors (Lipinski definition) is 3. The van der Waals surface area contributed by atoms with Crippen molar-refractivity contribution in [1.82, 2.24) is 4.98 Å². The van der Waals surface area contributed by atoms with Gasteiger partial charge in [0.2, 0.25) is 6.20 Å². The summed E-state index contributed by atoms with van der Waals surface area (Å²) in [5, 5.41) is 10.1. The van der Waals surface area contributed by atoms with Crippen LogP contribution in [0.3, 0.4) is 0 Å². The average molecular weight is 270 g/mol. The molecule has 2 aromatic heterocycles. The normalized spacial score (nSPS) is 17.4. The quantitative estimate of drug-likeness (QED) is 0.634. The van der Waals surface area contributed by atoms with Crippen molar-refractivity contribution in [2.45, 2.75) is 19.3 Å². The van der Waals surface area contributed by atoms with Crippen LogP contribution >= 0.6 is 0 Å². The summed E-state index contributed by atoms with van der Waals surface area (Å²) < 4.78 is 1.04. The van der Waals surface area contributed by atoms with E-state index in [-0.39, 0.29) is 11.8 Å². The third kappa shape index (κ3) is 1.66. The molecule has 102 valence electrons. The molecule has 5 heteroatoms. The Balaban J connectivity index is 2.36. The first-order valence-electron chi connectivity index (χ1n) is 6.62. The molecule has 0 aromatic carbocycles. The van der Waals surface area contributed by atoms with Crippen LogP contribution in [0.2, 0.25) is 0 Å². The van der Waals surface area contributed by atoms with Crippen LogP contribution in [0.1, 0.15) is 41.0 Å². The first kappa shape index (κ1) is 12.6. The second kappa shape index (κ2) is 4.59. The van der Waals surface area contributed by atoms with Gasteiger partial charge in [-0.15, -0.1) is 0 Å². The van der Waals surface area contributed by atoms with Crippen molar-refractivity contribution in [2.24, 2.45) is 0 Å². The molecular weight excluding hydrogens is 254 g/mol. The molecule has 2 aromatic rings. The highest BCUT2D eigenvalue weighted by molar-refractivity contribution is 6.07. The van der Waals surface area contributed by atoms with Gasteiger partial charge in [0.15, 0.2) is 0 Å². The van der Waals surface area contributed by atoms with E-state index in [0.29, 0.717) is 11.3 Å². The number of carbonyl (C=O) groups excluding carboxylic acids is 1. The summed E-state index contributed by atoms with van der Waals surface area (Å²) >= 11 is 0. The SMILES string of the molecule is CCC1c2ncccc2N(C)C(=O)c2ccc[n+](O)c21. The maximum absolute atomic E-state index is 12.6. The van der Waals surface area contributed by atoms with Crippen molar-refractivity contribution in [3.05, 3.63) is 53.6 Å². The molecule has 3 heterocycles. The average Bonchev–Trinajstić information content (AvgIpc) is 2.56. The van der Waals surface area contributed by atoms with Crippen LogP contribution in [-0.2, 0) is 0 Å². The van der Waals surface area contributed by atoms with Crippen LogP contribution in [0.5, 0.6) is 0 Å². The summed E-state index contributed by atoms with van der Waals surface area (Å²) in [5.41, 5.74) is 2.73. The molecule has 0 saturated heterocycles. The van der Waals surface area contributed by atoms with Gasteiger partial charge in [-0.05, 0) is 24.6 Å². The minimum absolute atomic E-state index is 0.110. The molecule has 0 radical (unpaired) electrons. The first-order valence-corrected chi connectivity index (χ1v) is 6.62. The largest absolute Gasteiger partial charge is 0.309 e. The van der Waals surface area contributed by atoms with Gasteiger partial charge in [-0.3, -0.25) is 15.0 Å². The smallest absolute Gasteiger partial charge is 0.264 e. The molecule has 0 aliphatic carbocycles. The van der Waals surface area contributed by atoms with E-state index in [1.54, 1.807) is 36.5 Å². The van der Waals surface area contributed by atoms with Crippen molar-refractivity contribution in [3.63, 3.8) is 0 Å². The van der Waals surface area contributed by atoms with E-state index in [1.807, 2.05) is 19.1 Å². The van der Waals surface area contributed by atoms with E-state index >= 15 is 0 Å². The Kier molecular flexibility index (Phi) is 2.89. The Morgan fingerprint density at radius 3 is 2.95 bits per heavy atom. The fraction of sp³-hybridized carbons (Fsp3) is 0.267. The highest BCUT2D eigenvalue weighted by Crippen LogP contribution is 2.36. The highest BCUT2D eigenvalue weighted by Gasteiger charge is 2.38. The molecule has 0 saturated carbocycles. The van der Waals surface area contributed by atoms with E-state index in [4.69, 9.17) is 0 Å². The summed E-state index contributed by atoms with van der Waals surface area (Å²) in [6, 6.07) is 7.12. The number of anilines is 1. The molecule has 1 N–H and O–H groups in total. The maximum atomic E-state index is 12.6. The Morgan fingerprint density at radius 1 is 1.40 bits per heavy atom. The minimum atomic E-state index is -0.131.